The van der Waals surface area contributed by atoms with E-state index in [0.29, 0.717) is 5.56 Å². The molecule has 2 aliphatic heterocycles. The Bertz CT molecular complexity index is 5260. The molecule has 0 atom stereocenters. The molecule has 5 nitrogen and oxygen atoms in total. The van der Waals surface area contributed by atoms with E-state index < -0.39 is 0 Å². The van der Waals surface area contributed by atoms with Gasteiger partial charge in [0.1, 0.15) is 5.58 Å². The first-order valence-corrected chi connectivity index (χ1v) is 31.5. The van der Waals surface area contributed by atoms with Crippen LogP contribution in [0.4, 0.5) is 34.1 Å². The number of nitriles is 1. The van der Waals surface area contributed by atoms with E-state index in [-0.39, 0.29) is 23.0 Å². The zero-order valence-electron chi connectivity index (χ0n) is 50.3. The third-order valence-electron chi connectivity index (χ3n) is 18.5. The van der Waals surface area contributed by atoms with Gasteiger partial charge in [0.15, 0.2) is 5.58 Å². The summed E-state index contributed by atoms with van der Waals surface area (Å²) in [4.78, 5) is 6.00. The minimum Gasteiger partial charge on any atom is -0.454 e. The molecule has 0 N–H and O–H groups in total. The first kappa shape index (κ1) is 53.2. The molecule has 0 amide bonds. The number of furan rings is 1. The van der Waals surface area contributed by atoms with Crippen LogP contribution in [0.2, 0.25) is 0 Å². The van der Waals surface area contributed by atoms with Gasteiger partial charge in [-0.2, -0.15) is 5.26 Å². The fourth-order valence-corrected chi connectivity index (χ4v) is 15.7. The fourth-order valence-electron chi connectivity index (χ4n) is 14.1. The molecule has 0 spiro atoms. The molecule has 0 unspecified atom stereocenters. The number of hydrogen-bond acceptors (Lipinski definition) is 6. The summed E-state index contributed by atoms with van der Waals surface area (Å²) in [5, 5.41) is 17.1. The van der Waals surface area contributed by atoms with Crippen LogP contribution in [0.15, 0.2) is 222 Å². The minimum atomic E-state index is -0.285. The molecule has 0 fully saturated rings. The van der Waals surface area contributed by atoms with Gasteiger partial charge in [0.25, 0.3) is 6.71 Å². The second-order valence-electron chi connectivity index (χ2n) is 27.0. The Hall–Kier alpha value is -9.26. The predicted molar refractivity (Wildman–Crippen MR) is 374 cm³/mol. The van der Waals surface area contributed by atoms with Crippen molar-refractivity contribution in [2.45, 2.75) is 83.5 Å². The lowest BCUT2D eigenvalue weighted by Crippen LogP contribution is -2.61. The van der Waals surface area contributed by atoms with E-state index in [1.165, 1.54) is 53.3 Å². The molecule has 0 saturated carbocycles. The van der Waals surface area contributed by atoms with Gasteiger partial charge in [0, 0.05) is 74.9 Å². The highest BCUT2D eigenvalue weighted by atomic mass is 32.1. The summed E-state index contributed by atoms with van der Waals surface area (Å²) >= 11 is 7.32. The summed E-state index contributed by atoms with van der Waals surface area (Å²) in [7, 11) is 0. The molecule has 3 aromatic heterocycles. The van der Waals surface area contributed by atoms with E-state index in [2.05, 4.69) is 283 Å². The lowest BCUT2D eigenvalue weighted by Gasteiger charge is -2.45. The van der Waals surface area contributed by atoms with Gasteiger partial charge >= 0.3 is 0 Å². The van der Waals surface area contributed by atoms with Crippen molar-refractivity contribution in [2.24, 2.45) is 0 Å². The highest BCUT2D eigenvalue weighted by Crippen LogP contribution is 2.55. The molecular weight excluding hydrogens is 1100 g/mol. The highest BCUT2D eigenvalue weighted by molar-refractivity contribution is 7.80. The largest absolute Gasteiger partial charge is 0.454 e. The first-order chi connectivity index (χ1) is 41.9. The molecule has 5 heterocycles. The quantitative estimate of drug-likeness (QED) is 0.138. The molecule has 2 aliphatic rings. The summed E-state index contributed by atoms with van der Waals surface area (Å²) < 4.78 is 12.4. The van der Waals surface area contributed by atoms with E-state index in [9.17, 15) is 5.26 Å². The van der Waals surface area contributed by atoms with Crippen molar-refractivity contribution in [1.82, 2.24) is 4.57 Å². The van der Waals surface area contributed by atoms with Crippen LogP contribution in [-0.2, 0) is 16.2 Å². The van der Waals surface area contributed by atoms with Crippen LogP contribution in [-0.4, -0.2) is 11.3 Å². The normalized spacial score (nSPS) is 13.3. The molecular formula is C79H63BN4OS2. The van der Waals surface area contributed by atoms with Gasteiger partial charge in [-0.15, -0.1) is 24.0 Å². The van der Waals surface area contributed by atoms with Crippen LogP contribution in [0.1, 0.15) is 84.6 Å². The summed E-state index contributed by atoms with van der Waals surface area (Å²) in [6.45, 7) is 20.6. The van der Waals surface area contributed by atoms with Crippen LogP contribution in [0.25, 0.3) is 91.9 Å². The number of anilines is 6. The van der Waals surface area contributed by atoms with Gasteiger partial charge in [0.05, 0.1) is 39.7 Å². The van der Waals surface area contributed by atoms with Gasteiger partial charge in [-0.3, -0.25) is 0 Å². The van der Waals surface area contributed by atoms with Gasteiger partial charge in [-0.05, 0) is 151 Å². The van der Waals surface area contributed by atoms with Crippen molar-refractivity contribution in [1.29, 1.82) is 5.26 Å². The molecule has 0 bridgehead atoms. The molecule has 0 saturated heterocycles. The Labute approximate surface area is 517 Å². The van der Waals surface area contributed by atoms with Gasteiger partial charge in [-0.25, -0.2) is 0 Å². The molecule has 11 aromatic carbocycles. The van der Waals surface area contributed by atoms with Crippen molar-refractivity contribution >= 4 is 145 Å². The summed E-state index contributed by atoms with van der Waals surface area (Å²) in [6, 6.07) is 81.0. The fraction of sp³-hybridized carbons (Fsp3) is 0.152. The first-order valence-electron chi connectivity index (χ1n) is 30.2. The lowest BCUT2D eigenvalue weighted by molar-refractivity contribution is 0.569. The summed E-state index contributed by atoms with van der Waals surface area (Å²) in [5.74, 6) is 0. The van der Waals surface area contributed by atoms with E-state index in [4.69, 9.17) is 17.0 Å². The lowest BCUT2D eigenvalue weighted by atomic mass is 9.33. The Morgan fingerprint density at radius 3 is 1.85 bits per heavy atom. The Balaban J connectivity index is 1.13. The van der Waals surface area contributed by atoms with E-state index in [1.807, 2.05) is 23.5 Å². The number of aromatic nitrogens is 1. The number of nitrogens with zero attached hydrogens (tertiary/aromatic N) is 4. The second-order valence-corrected chi connectivity index (χ2v) is 28.5. The van der Waals surface area contributed by atoms with Crippen LogP contribution in [0.3, 0.4) is 0 Å². The summed E-state index contributed by atoms with van der Waals surface area (Å²) in [6.07, 6.45) is 0. The van der Waals surface area contributed by atoms with Crippen LogP contribution < -0.4 is 26.2 Å². The maximum absolute atomic E-state index is 10.3. The molecule has 14 aromatic rings. The van der Waals surface area contributed by atoms with Crippen molar-refractivity contribution in [2.75, 3.05) is 9.80 Å². The number of thiol groups is 1. The van der Waals surface area contributed by atoms with Crippen molar-refractivity contribution in [3.63, 3.8) is 0 Å². The Morgan fingerprint density at radius 2 is 1.11 bits per heavy atom. The van der Waals surface area contributed by atoms with Gasteiger partial charge in [0.2, 0.25) is 0 Å². The van der Waals surface area contributed by atoms with E-state index >= 15 is 0 Å². The molecule has 16 rings (SSSR count). The third kappa shape index (κ3) is 8.12. The average Bonchev–Trinajstić information content (AvgIpc) is 1.67. The number of rotatable bonds is 5. The molecule has 420 valence electrons. The SMILES string of the molecule is CC(C)(C)c1cc(-c2cc3c4c(c2)N(c2ccccc2S)c2c(c5sc6ccccc6c5c5c2oc2ccccc25)B4c2ccc(-n4c5ccccc5c5cc(C#N)ccc54)cc2N3c2ccc(C(C)(C)C)cc2-c2ccccc2)cc(C(C)(C)C)c1. The highest BCUT2D eigenvalue weighted by Gasteiger charge is 2.48. The number of para-hydroxylation sites is 3. The average molecular weight is 1160 g/mol. The summed E-state index contributed by atoms with van der Waals surface area (Å²) in [5.41, 5.74) is 23.4. The van der Waals surface area contributed by atoms with Gasteiger partial charge in [-0.1, -0.05) is 190 Å². The number of benzene rings is 11. The standard InChI is InChI=1S/C79H63BN4OS2/c1-77(2,3)50-32-36-61(57(43-50)47-21-11-10-12-22-47)83-64-44-53(82-60-26-16-13-23-54(60)58-37-46(45-81)31-35-62(58)82)33-34-59(64)80-72-65(83)40-49(48-38-51(78(4,5)6)42-52(39-48)79(7,8)9)41-66(72)84(63-27-17-19-29-68(63)86)74-73(80)76-71(56-25-15-20-30-69(56)87-76)70-55-24-14-18-28-67(55)85-75(70)74/h10-44,86H,1-9H3. The zero-order chi connectivity index (χ0) is 59.6. The molecule has 0 radical (unpaired) electrons. The monoisotopic (exact) mass is 1160 g/mol. The van der Waals surface area contributed by atoms with Crippen molar-refractivity contribution < 1.29 is 4.42 Å². The number of thiophene rings is 1. The predicted octanol–water partition coefficient (Wildman–Crippen LogP) is 20.5. The van der Waals surface area contributed by atoms with E-state index in [1.54, 1.807) is 0 Å². The van der Waals surface area contributed by atoms with E-state index in [0.717, 1.165) is 111 Å². The van der Waals surface area contributed by atoms with Crippen LogP contribution in [0.5, 0.6) is 0 Å². The second kappa shape index (κ2) is 19.1. The number of hydrogen-bond donors (Lipinski definition) is 1. The van der Waals surface area contributed by atoms with Crippen LogP contribution in [0, 0.1) is 11.3 Å². The van der Waals surface area contributed by atoms with Gasteiger partial charge < -0.3 is 18.8 Å². The van der Waals surface area contributed by atoms with Crippen molar-refractivity contribution in [3.05, 3.63) is 235 Å². The maximum atomic E-state index is 10.3. The van der Waals surface area contributed by atoms with Crippen LogP contribution >= 0.6 is 24.0 Å². The smallest absolute Gasteiger partial charge is 0.254 e. The third-order valence-corrected chi connectivity index (χ3v) is 20.1. The van der Waals surface area contributed by atoms with Crippen molar-refractivity contribution in [3.8, 4) is 34.0 Å². The number of fused-ring (bicyclic) bond motifs is 16. The molecule has 0 aliphatic carbocycles. The molecule has 87 heavy (non-hydrogen) atoms. The maximum Gasteiger partial charge on any atom is 0.254 e. The zero-order valence-corrected chi connectivity index (χ0v) is 52.0. The topological polar surface area (TPSA) is 48.3 Å². The Kier molecular flexibility index (Phi) is 11.7. The Morgan fingerprint density at radius 1 is 0.471 bits per heavy atom. The minimum absolute atomic E-state index is 0.133. The molecule has 8 heteroatoms.